The number of carbonyl (C=O) groups is 2. The van der Waals surface area contributed by atoms with Gasteiger partial charge in [0.25, 0.3) is 0 Å². The Morgan fingerprint density at radius 3 is 2.18 bits per heavy atom. The molecule has 0 spiro atoms. The Bertz CT molecular complexity index is 1200. The maximum absolute atomic E-state index is 12.9. The molecule has 9 heteroatoms. The molecule has 33 heavy (non-hydrogen) atoms. The van der Waals surface area contributed by atoms with Crippen molar-refractivity contribution in [3.63, 3.8) is 0 Å². The van der Waals surface area contributed by atoms with E-state index in [9.17, 15) is 9.59 Å². The number of hydrogen-bond acceptors (Lipinski definition) is 2. The highest BCUT2D eigenvalue weighted by Crippen LogP contribution is 2.65. The Kier molecular flexibility index (Phi) is 7.13. The van der Waals surface area contributed by atoms with Crippen molar-refractivity contribution in [2.24, 2.45) is 5.92 Å². The summed E-state index contributed by atoms with van der Waals surface area (Å²) in [5.41, 5.74) is 2.38. The molecule has 2 unspecified atom stereocenters. The smallest absolute Gasteiger partial charge is 0.231 e. The highest BCUT2D eigenvalue weighted by atomic mass is 35.5. The van der Waals surface area contributed by atoms with Crippen LogP contribution in [0.5, 0.6) is 0 Å². The summed E-state index contributed by atoms with van der Waals surface area (Å²) in [4.78, 5) is 25.3. The first-order chi connectivity index (χ1) is 15.6. The minimum atomic E-state index is -1.29. The summed E-state index contributed by atoms with van der Waals surface area (Å²) in [7, 11) is 0. The van der Waals surface area contributed by atoms with E-state index in [-0.39, 0.29) is 18.2 Å². The SMILES string of the molecule is O=C(Cc1ccccc1)Nc1cc(NC(=O)C2C(c3cc(Cl)cc(Cl)c3)C2(Cl)Cl)ccc1Cl. The first-order valence-corrected chi connectivity index (χ1v) is 11.8. The molecular formula is C24H17Cl5N2O2. The van der Waals surface area contributed by atoms with Crippen LogP contribution in [0.25, 0.3) is 0 Å². The molecule has 0 aliphatic heterocycles. The Morgan fingerprint density at radius 2 is 1.52 bits per heavy atom. The molecule has 0 saturated heterocycles. The Balaban J connectivity index is 1.46. The molecule has 1 fully saturated rings. The van der Waals surface area contributed by atoms with Crippen LogP contribution in [0.15, 0.2) is 66.7 Å². The summed E-state index contributed by atoms with van der Waals surface area (Å²) >= 11 is 31.2. The van der Waals surface area contributed by atoms with Crippen LogP contribution in [-0.2, 0) is 16.0 Å². The first-order valence-electron chi connectivity index (χ1n) is 9.93. The molecule has 1 saturated carbocycles. The van der Waals surface area contributed by atoms with Gasteiger partial charge in [-0.25, -0.2) is 0 Å². The average molecular weight is 543 g/mol. The number of anilines is 2. The number of rotatable bonds is 6. The van der Waals surface area contributed by atoms with Crippen LogP contribution < -0.4 is 10.6 Å². The van der Waals surface area contributed by atoms with Gasteiger partial charge in [-0.05, 0) is 47.5 Å². The molecule has 2 atom stereocenters. The topological polar surface area (TPSA) is 58.2 Å². The lowest BCUT2D eigenvalue weighted by atomic mass is 10.1. The maximum Gasteiger partial charge on any atom is 0.231 e. The zero-order valence-corrected chi connectivity index (χ0v) is 20.7. The molecule has 0 heterocycles. The van der Waals surface area contributed by atoms with E-state index < -0.39 is 16.2 Å². The Hall–Kier alpha value is -1.95. The van der Waals surface area contributed by atoms with Crippen molar-refractivity contribution in [1.29, 1.82) is 0 Å². The Morgan fingerprint density at radius 1 is 0.848 bits per heavy atom. The van der Waals surface area contributed by atoms with E-state index in [1.54, 1.807) is 36.4 Å². The van der Waals surface area contributed by atoms with Gasteiger partial charge in [0.05, 0.1) is 23.0 Å². The molecule has 170 valence electrons. The van der Waals surface area contributed by atoms with Crippen LogP contribution in [0.2, 0.25) is 15.1 Å². The number of nitrogens with one attached hydrogen (secondary N) is 2. The summed E-state index contributed by atoms with van der Waals surface area (Å²) in [5.74, 6) is -1.77. The summed E-state index contributed by atoms with van der Waals surface area (Å²) in [6.45, 7) is 0. The molecule has 4 rings (SSSR count). The summed E-state index contributed by atoms with van der Waals surface area (Å²) in [5, 5.41) is 6.78. The van der Waals surface area contributed by atoms with Gasteiger partial charge in [0.2, 0.25) is 11.8 Å². The third-order valence-electron chi connectivity index (χ3n) is 5.30. The second-order valence-electron chi connectivity index (χ2n) is 7.73. The first kappa shape index (κ1) is 24.2. The van der Waals surface area contributed by atoms with Crippen LogP contribution in [0.1, 0.15) is 17.0 Å². The van der Waals surface area contributed by atoms with Crippen LogP contribution in [-0.4, -0.2) is 16.1 Å². The molecular weight excluding hydrogens is 526 g/mol. The number of amides is 2. The van der Waals surface area contributed by atoms with Gasteiger partial charge in [-0.1, -0.05) is 65.1 Å². The lowest BCUT2D eigenvalue weighted by Gasteiger charge is -2.11. The predicted molar refractivity (Wildman–Crippen MR) is 136 cm³/mol. The van der Waals surface area contributed by atoms with E-state index >= 15 is 0 Å². The largest absolute Gasteiger partial charge is 0.326 e. The van der Waals surface area contributed by atoms with E-state index in [0.29, 0.717) is 32.0 Å². The van der Waals surface area contributed by atoms with Crippen molar-refractivity contribution in [3.05, 3.63) is 92.9 Å². The van der Waals surface area contributed by atoms with Gasteiger partial charge < -0.3 is 10.6 Å². The van der Waals surface area contributed by atoms with Crippen molar-refractivity contribution in [2.75, 3.05) is 10.6 Å². The van der Waals surface area contributed by atoms with Gasteiger partial charge in [0, 0.05) is 21.7 Å². The van der Waals surface area contributed by atoms with Crippen LogP contribution >= 0.6 is 58.0 Å². The number of hydrogen-bond donors (Lipinski definition) is 2. The quantitative estimate of drug-likeness (QED) is 0.320. The predicted octanol–water partition coefficient (Wildman–Crippen LogP) is 7.35. The van der Waals surface area contributed by atoms with Gasteiger partial charge >= 0.3 is 0 Å². The minimum absolute atomic E-state index is 0.195. The molecule has 1 aliphatic carbocycles. The zero-order valence-electron chi connectivity index (χ0n) is 16.9. The summed E-state index contributed by atoms with van der Waals surface area (Å²) < 4.78 is -1.29. The number of alkyl halides is 2. The van der Waals surface area contributed by atoms with Crippen molar-refractivity contribution >= 4 is 81.2 Å². The van der Waals surface area contributed by atoms with E-state index in [1.165, 1.54) is 0 Å². The third-order valence-corrected chi connectivity index (χ3v) is 7.00. The van der Waals surface area contributed by atoms with Crippen molar-refractivity contribution < 1.29 is 9.59 Å². The number of benzene rings is 3. The highest BCUT2D eigenvalue weighted by Gasteiger charge is 2.67. The lowest BCUT2D eigenvalue weighted by Crippen LogP contribution is -2.18. The standard InChI is InChI=1S/C24H17Cl5N2O2/c25-15-9-14(10-16(26)11-15)21-22(24(21,28)29)23(33)30-17-6-7-18(27)19(12-17)31-20(32)8-13-4-2-1-3-5-13/h1-7,9-12,21-22H,8H2,(H,30,33)(H,31,32). The fraction of sp³-hybridized carbons (Fsp3) is 0.167. The number of carbonyl (C=O) groups excluding carboxylic acids is 2. The molecule has 1 aliphatic rings. The molecule has 3 aromatic rings. The normalized spacial score (nSPS) is 18.5. The van der Waals surface area contributed by atoms with Crippen LogP contribution in [0.3, 0.4) is 0 Å². The molecule has 2 amide bonds. The zero-order chi connectivity index (χ0) is 23.8. The van der Waals surface area contributed by atoms with Gasteiger partial charge in [-0.15, -0.1) is 23.2 Å². The van der Waals surface area contributed by atoms with Crippen molar-refractivity contribution in [2.45, 2.75) is 16.7 Å². The van der Waals surface area contributed by atoms with E-state index in [2.05, 4.69) is 10.6 Å². The van der Waals surface area contributed by atoms with Crippen LogP contribution in [0, 0.1) is 5.92 Å². The minimum Gasteiger partial charge on any atom is -0.326 e. The lowest BCUT2D eigenvalue weighted by molar-refractivity contribution is -0.117. The molecule has 2 N–H and O–H groups in total. The second-order valence-corrected chi connectivity index (χ2v) is 10.5. The second kappa shape index (κ2) is 9.73. The van der Waals surface area contributed by atoms with E-state index in [0.717, 1.165) is 5.56 Å². The molecule has 3 aromatic carbocycles. The Labute approximate surface area is 216 Å². The van der Waals surface area contributed by atoms with E-state index in [1.807, 2.05) is 30.3 Å². The van der Waals surface area contributed by atoms with Crippen LogP contribution in [0.4, 0.5) is 11.4 Å². The molecule has 0 radical (unpaired) electrons. The molecule has 0 aromatic heterocycles. The number of halogens is 5. The summed E-state index contributed by atoms with van der Waals surface area (Å²) in [6.07, 6.45) is 0.195. The fourth-order valence-electron chi connectivity index (χ4n) is 3.72. The average Bonchev–Trinajstić information content (AvgIpc) is 3.32. The highest BCUT2D eigenvalue weighted by molar-refractivity contribution is 6.53. The molecule has 0 bridgehead atoms. The maximum atomic E-state index is 12.9. The monoisotopic (exact) mass is 540 g/mol. The van der Waals surface area contributed by atoms with Gasteiger partial charge in [0.15, 0.2) is 0 Å². The summed E-state index contributed by atoms with van der Waals surface area (Å²) in [6, 6.07) is 19.1. The van der Waals surface area contributed by atoms with Gasteiger partial charge in [-0.3, -0.25) is 9.59 Å². The van der Waals surface area contributed by atoms with Gasteiger partial charge in [0.1, 0.15) is 4.33 Å². The third kappa shape index (κ3) is 5.59. The van der Waals surface area contributed by atoms with Gasteiger partial charge in [-0.2, -0.15) is 0 Å². The van der Waals surface area contributed by atoms with Crippen molar-refractivity contribution in [1.82, 2.24) is 0 Å². The van der Waals surface area contributed by atoms with Crippen molar-refractivity contribution in [3.8, 4) is 0 Å². The molecule has 4 nitrogen and oxygen atoms in total. The fourth-order valence-corrected chi connectivity index (χ4v) is 5.25. The van der Waals surface area contributed by atoms with E-state index in [4.69, 9.17) is 58.0 Å².